The molecule has 2 aromatic heterocycles. The van der Waals surface area contributed by atoms with Crippen LogP contribution in [0.4, 0.5) is 5.82 Å². The first-order valence-corrected chi connectivity index (χ1v) is 9.85. The van der Waals surface area contributed by atoms with E-state index in [4.69, 9.17) is 0 Å². The van der Waals surface area contributed by atoms with Crippen molar-refractivity contribution in [1.29, 1.82) is 0 Å². The molecule has 1 fully saturated rings. The minimum Gasteiger partial charge on any atom is -0.354 e. The molecule has 1 saturated carbocycles. The molecular weight excluding hydrogens is 362 g/mol. The highest BCUT2D eigenvalue weighted by Gasteiger charge is 2.32. The van der Waals surface area contributed by atoms with Crippen LogP contribution in [0.2, 0.25) is 0 Å². The van der Waals surface area contributed by atoms with Gasteiger partial charge in [-0.2, -0.15) is 5.10 Å². The molecule has 2 amide bonds. The standard InChI is InChI=1S/C19H21N5O2S/c1-11(25)20-13-8-12(9-13)15-10-17(24-23-15)22-18(26)6-7-19-21-14-4-2-3-5-16(14)27-19/h2-5,10,12-13H,6-9H2,1H3,(H,20,25)(H2,22,23,24,26). The number of amides is 2. The molecule has 0 spiro atoms. The maximum absolute atomic E-state index is 12.2. The molecule has 4 rings (SSSR count). The Morgan fingerprint density at radius 3 is 2.89 bits per heavy atom. The van der Waals surface area contributed by atoms with Crippen LogP contribution in [0.3, 0.4) is 0 Å². The third-order valence-electron chi connectivity index (χ3n) is 4.74. The summed E-state index contributed by atoms with van der Waals surface area (Å²) in [6.07, 6.45) is 2.76. The van der Waals surface area contributed by atoms with Gasteiger partial charge in [0, 0.05) is 37.8 Å². The van der Waals surface area contributed by atoms with E-state index >= 15 is 0 Å². The zero-order valence-corrected chi connectivity index (χ0v) is 15.8. The first-order chi connectivity index (χ1) is 13.1. The average molecular weight is 383 g/mol. The predicted octanol–water partition coefficient (Wildman–Crippen LogP) is 2.97. The van der Waals surface area contributed by atoms with Crippen LogP contribution in [0.5, 0.6) is 0 Å². The lowest BCUT2D eigenvalue weighted by Crippen LogP contribution is -2.42. The van der Waals surface area contributed by atoms with Crippen LogP contribution in [0, 0.1) is 0 Å². The first kappa shape index (κ1) is 17.7. The summed E-state index contributed by atoms with van der Waals surface area (Å²) in [6.45, 7) is 1.53. The van der Waals surface area contributed by atoms with E-state index in [9.17, 15) is 9.59 Å². The molecule has 0 saturated heterocycles. The van der Waals surface area contributed by atoms with Crippen molar-refractivity contribution >= 4 is 39.2 Å². The van der Waals surface area contributed by atoms with Crippen molar-refractivity contribution in [2.75, 3.05) is 5.32 Å². The second-order valence-electron chi connectivity index (χ2n) is 6.90. The lowest BCUT2D eigenvalue weighted by molar-refractivity contribution is -0.120. The molecule has 1 aliphatic carbocycles. The fraction of sp³-hybridized carbons (Fsp3) is 0.368. The Morgan fingerprint density at radius 2 is 2.11 bits per heavy atom. The largest absolute Gasteiger partial charge is 0.354 e. The van der Waals surface area contributed by atoms with Gasteiger partial charge in [-0.1, -0.05) is 12.1 Å². The van der Waals surface area contributed by atoms with Gasteiger partial charge in [0.05, 0.1) is 20.9 Å². The summed E-state index contributed by atoms with van der Waals surface area (Å²) in [5, 5.41) is 13.9. The minimum absolute atomic E-state index is 0.00144. The highest BCUT2D eigenvalue weighted by Crippen LogP contribution is 2.36. The fourth-order valence-electron chi connectivity index (χ4n) is 3.34. The number of fused-ring (bicyclic) bond motifs is 1. The van der Waals surface area contributed by atoms with Crippen molar-refractivity contribution in [1.82, 2.24) is 20.5 Å². The molecular formula is C19H21N5O2S. The number of nitrogens with one attached hydrogen (secondary N) is 3. The topological polar surface area (TPSA) is 99.8 Å². The second-order valence-corrected chi connectivity index (χ2v) is 8.01. The Morgan fingerprint density at radius 1 is 1.30 bits per heavy atom. The van der Waals surface area contributed by atoms with Crippen LogP contribution in [0.15, 0.2) is 30.3 Å². The van der Waals surface area contributed by atoms with Crippen LogP contribution in [0.1, 0.15) is 42.8 Å². The summed E-state index contributed by atoms with van der Waals surface area (Å²) < 4.78 is 1.14. The predicted molar refractivity (Wildman–Crippen MR) is 105 cm³/mol. The first-order valence-electron chi connectivity index (χ1n) is 9.03. The number of hydrogen-bond acceptors (Lipinski definition) is 5. The number of anilines is 1. The van der Waals surface area contributed by atoms with E-state index in [0.717, 1.165) is 33.8 Å². The number of para-hydroxylation sites is 1. The zero-order chi connectivity index (χ0) is 18.8. The molecule has 0 radical (unpaired) electrons. The number of carbonyl (C=O) groups excluding carboxylic acids is 2. The van der Waals surface area contributed by atoms with Crippen molar-refractivity contribution < 1.29 is 9.59 Å². The quantitative estimate of drug-likeness (QED) is 0.609. The van der Waals surface area contributed by atoms with Crippen LogP contribution in [-0.2, 0) is 16.0 Å². The second kappa shape index (κ2) is 7.48. The Labute approximate surface area is 160 Å². The molecule has 1 aliphatic rings. The molecule has 1 aromatic carbocycles. The monoisotopic (exact) mass is 383 g/mol. The van der Waals surface area contributed by atoms with E-state index in [1.807, 2.05) is 30.3 Å². The van der Waals surface area contributed by atoms with E-state index in [0.29, 0.717) is 24.6 Å². The van der Waals surface area contributed by atoms with E-state index in [2.05, 4.69) is 25.8 Å². The maximum atomic E-state index is 12.2. The van der Waals surface area contributed by atoms with Gasteiger partial charge in [-0.15, -0.1) is 11.3 Å². The number of thiazole rings is 1. The number of aryl methyl sites for hydroxylation is 1. The number of aromatic amines is 1. The fourth-order valence-corrected chi connectivity index (χ4v) is 4.30. The number of hydrogen-bond donors (Lipinski definition) is 3. The highest BCUT2D eigenvalue weighted by molar-refractivity contribution is 7.18. The Kier molecular flexibility index (Phi) is 4.89. The average Bonchev–Trinajstić information content (AvgIpc) is 3.22. The molecule has 0 atom stereocenters. The van der Waals surface area contributed by atoms with Gasteiger partial charge in [0.1, 0.15) is 5.82 Å². The Bertz CT molecular complexity index is 940. The lowest BCUT2D eigenvalue weighted by Gasteiger charge is -2.34. The highest BCUT2D eigenvalue weighted by atomic mass is 32.1. The number of aromatic nitrogens is 3. The number of benzene rings is 1. The van der Waals surface area contributed by atoms with Crippen LogP contribution >= 0.6 is 11.3 Å². The van der Waals surface area contributed by atoms with Gasteiger partial charge in [-0.3, -0.25) is 14.7 Å². The van der Waals surface area contributed by atoms with Crippen LogP contribution in [0.25, 0.3) is 10.2 Å². The van der Waals surface area contributed by atoms with E-state index in [-0.39, 0.29) is 17.9 Å². The summed E-state index contributed by atoms with van der Waals surface area (Å²) in [5.74, 6) is 0.879. The lowest BCUT2D eigenvalue weighted by atomic mass is 9.78. The summed E-state index contributed by atoms with van der Waals surface area (Å²) in [4.78, 5) is 27.8. The third-order valence-corrected chi connectivity index (χ3v) is 5.84. The van der Waals surface area contributed by atoms with Crippen LogP contribution in [-0.4, -0.2) is 33.0 Å². The maximum Gasteiger partial charge on any atom is 0.225 e. The summed E-state index contributed by atoms with van der Waals surface area (Å²) in [6, 6.07) is 10.1. The van der Waals surface area contributed by atoms with Gasteiger partial charge >= 0.3 is 0 Å². The number of H-pyrrole nitrogens is 1. The number of rotatable bonds is 6. The smallest absolute Gasteiger partial charge is 0.225 e. The summed E-state index contributed by atoms with van der Waals surface area (Å²) >= 11 is 1.63. The molecule has 8 heteroatoms. The molecule has 2 heterocycles. The molecule has 0 bridgehead atoms. The summed E-state index contributed by atoms with van der Waals surface area (Å²) in [5.41, 5.74) is 1.91. The summed E-state index contributed by atoms with van der Waals surface area (Å²) in [7, 11) is 0. The third kappa shape index (κ3) is 4.16. The normalized spacial score (nSPS) is 18.9. The Hall–Kier alpha value is -2.74. The zero-order valence-electron chi connectivity index (χ0n) is 15.0. The molecule has 7 nitrogen and oxygen atoms in total. The SMILES string of the molecule is CC(=O)NC1CC(c2cc(NC(=O)CCc3nc4ccccc4s3)[nH]n2)C1. The number of nitrogens with zero attached hydrogens (tertiary/aromatic N) is 2. The molecule has 27 heavy (non-hydrogen) atoms. The van der Waals surface area contributed by atoms with Gasteiger partial charge in [0.25, 0.3) is 0 Å². The van der Waals surface area contributed by atoms with E-state index in [1.165, 1.54) is 6.92 Å². The van der Waals surface area contributed by atoms with Gasteiger partial charge in [0.15, 0.2) is 0 Å². The van der Waals surface area contributed by atoms with Gasteiger partial charge < -0.3 is 10.6 Å². The molecule has 3 aromatic rings. The van der Waals surface area contributed by atoms with Crippen molar-refractivity contribution in [3.8, 4) is 0 Å². The van der Waals surface area contributed by atoms with Gasteiger partial charge in [0.2, 0.25) is 11.8 Å². The van der Waals surface area contributed by atoms with E-state index in [1.54, 1.807) is 11.3 Å². The van der Waals surface area contributed by atoms with Gasteiger partial charge in [-0.05, 0) is 25.0 Å². The van der Waals surface area contributed by atoms with Crippen molar-refractivity contribution in [2.24, 2.45) is 0 Å². The minimum atomic E-state index is -0.0609. The van der Waals surface area contributed by atoms with Crippen LogP contribution < -0.4 is 10.6 Å². The molecule has 0 aliphatic heterocycles. The van der Waals surface area contributed by atoms with E-state index < -0.39 is 0 Å². The van der Waals surface area contributed by atoms with Gasteiger partial charge in [-0.25, -0.2) is 4.98 Å². The van der Waals surface area contributed by atoms with Crippen molar-refractivity contribution in [3.63, 3.8) is 0 Å². The van der Waals surface area contributed by atoms with Crippen molar-refractivity contribution in [3.05, 3.63) is 41.0 Å². The Balaban J connectivity index is 1.26. The molecule has 140 valence electrons. The molecule has 0 unspecified atom stereocenters. The van der Waals surface area contributed by atoms with Crippen molar-refractivity contribution in [2.45, 2.75) is 44.6 Å². The number of carbonyl (C=O) groups is 2. The molecule has 3 N–H and O–H groups in total.